The van der Waals surface area contributed by atoms with Crippen LogP contribution in [-0.4, -0.2) is 7.85 Å². The van der Waals surface area contributed by atoms with Crippen LogP contribution in [0.5, 0.6) is 0 Å². The molecule has 0 aromatic carbocycles. The summed E-state index contributed by atoms with van der Waals surface area (Å²) < 4.78 is 0. The summed E-state index contributed by atoms with van der Waals surface area (Å²) in [5, 5.41) is 0.512. The summed E-state index contributed by atoms with van der Waals surface area (Å²) in [5.41, 5.74) is 0. The summed E-state index contributed by atoms with van der Waals surface area (Å²) >= 11 is 0. The molecular weight excluding hydrogens is 131 g/mol. The highest BCUT2D eigenvalue weighted by molar-refractivity contribution is 6.15. The first-order valence-corrected chi connectivity index (χ1v) is 4.78. The summed E-state index contributed by atoms with van der Waals surface area (Å²) in [6.07, 6.45) is 9.04. The second-order valence-corrected chi connectivity index (χ2v) is 4.46. The van der Waals surface area contributed by atoms with Gasteiger partial charge in [-0.2, -0.15) is 0 Å². The molecule has 1 aliphatic carbocycles. The minimum Gasteiger partial charge on any atom is -0.103 e. The first-order chi connectivity index (χ1) is 5.17. The van der Waals surface area contributed by atoms with E-state index in [9.17, 15) is 0 Å². The quantitative estimate of drug-likeness (QED) is 0.428. The molecule has 0 aliphatic heterocycles. The fraction of sp³-hybridized carbons (Fsp3) is 0.800. The van der Waals surface area contributed by atoms with E-state index in [0.717, 1.165) is 5.92 Å². The average Bonchev–Trinajstić information content (AvgIpc) is 2.37. The lowest BCUT2D eigenvalue weighted by Gasteiger charge is -2.30. The van der Waals surface area contributed by atoms with Crippen molar-refractivity contribution in [2.75, 3.05) is 0 Å². The maximum atomic E-state index is 3.82. The van der Waals surface area contributed by atoms with Crippen LogP contribution in [-0.2, 0) is 0 Å². The highest BCUT2D eigenvalue weighted by Gasteiger charge is 2.30. The number of hydrogen-bond acceptors (Lipinski definition) is 0. The summed E-state index contributed by atoms with van der Waals surface area (Å²) in [4.78, 5) is 0. The van der Waals surface area contributed by atoms with E-state index >= 15 is 0 Å². The number of hydrogen-bond donors (Lipinski definition) is 0. The van der Waals surface area contributed by atoms with Gasteiger partial charge in [-0.05, 0) is 12.3 Å². The van der Waals surface area contributed by atoms with Gasteiger partial charge in [0.25, 0.3) is 0 Å². The average molecular weight is 150 g/mol. The SMILES string of the molecule is BC(C)(CC=C)C1CCCC1. The van der Waals surface area contributed by atoms with Gasteiger partial charge >= 0.3 is 0 Å². The topological polar surface area (TPSA) is 0 Å². The Labute approximate surface area is 71.5 Å². The zero-order valence-corrected chi connectivity index (χ0v) is 7.90. The van der Waals surface area contributed by atoms with Gasteiger partial charge in [-0.25, -0.2) is 0 Å². The molecule has 0 heterocycles. The third-order valence-corrected chi connectivity index (χ3v) is 3.13. The molecule has 1 fully saturated rings. The first-order valence-electron chi connectivity index (χ1n) is 4.78. The van der Waals surface area contributed by atoms with Crippen molar-refractivity contribution in [1.82, 2.24) is 0 Å². The Morgan fingerprint density at radius 1 is 1.55 bits per heavy atom. The van der Waals surface area contributed by atoms with Crippen molar-refractivity contribution in [2.24, 2.45) is 5.92 Å². The van der Waals surface area contributed by atoms with Gasteiger partial charge in [0.2, 0.25) is 0 Å². The summed E-state index contributed by atoms with van der Waals surface area (Å²) in [5.74, 6) is 0.959. The van der Waals surface area contributed by atoms with Gasteiger partial charge < -0.3 is 0 Å². The monoisotopic (exact) mass is 150 g/mol. The third kappa shape index (κ3) is 2.11. The normalized spacial score (nSPS) is 24.8. The van der Waals surface area contributed by atoms with Crippen LogP contribution in [0.15, 0.2) is 12.7 Å². The van der Waals surface area contributed by atoms with E-state index in [0.29, 0.717) is 5.31 Å². The lowest BCUT2D eigenvalue weighted by Crippen LogP contribution is -2.17. The molecule has 1 heteroatoms. The number of rotatable bonds is 3. The van der Waals surface area contributed by atoms with Crippen molar-refractivity contribution >= 4 is 7.85 Å². The van der Waals surface area contributed by atoms with Crippen molar-refractivity contribution in [3.05, 3.63) is 12.7 Å². The molecule has 1 unspecified atom stereocenters. The van der Waals surface area contributed by atoms with E-state index in [1.54, 1.807) is 0 Å². The second-order valence-electron chi connectivity index (χ2n) is 4.46. The van der Waals surface area contributed by atoms with Crippen LogP contribution >= 0.6 is 0 Å². The predicted octanol–water partition coefficient (Wildman–Crippen LogP) is 2.56. The molecule has 0 saturated heterocycles. The Morgan fingerprint density at radius 3 is 2.55 bits per heavy atom. The van der Waals surface area contributed by atoms with E-state index in [1.807, 2.05) is 0 Å². The highest BCUT2D eigenvalue weighted by Crippen LogP contribution is 2.45. The molecule has 0 aromatic heterocycles. The van der Waals surface area contributed by atoms with Crippen molar-refractivity contribution in [2.45, 2.75) is 44.3 Å². The fourth-order valence-electron chi connectivity index (χ4n) is 2.25. The highest BCUT2D eigenvalue weighted by atomic mass is 14.3. The van der Waals surface area contributed by atoms with Crippen molar-refractivity contribution in [3.8, 4) is 0 Å². The summed E-state index contributed by atoms with van der Waals surface area (Å²) in [6.45, 7) is 6.20. The van der Waals surface area contributed by atoms with E-state index in [1.165, 1.54) is 32.1 Å². The van der Waals surface area contributed by atoms with Gasteiger partial charge in [-0.3, -0.25) is 0 Å². The zero-order valence-electron chi connectivity index (χ0n) is 7.90. The maximum absolute atomic E-state index is 3.82. The molecule has 1 aliphatic rings. The van der Waals surface area contributed by atoms with E-state index < -0.39 is 0 Å². The lowest BCUT2D eigenvalue weighted by molar-refractivity contribution is 0.392. The van der Waals surface area contributed by atoms with Crippen LogP contribution in [0.4, 0.5) is 0 Å². The number of allylic oxidation sites excluding steroid dienone is 1. The van der Waals surface area contributed by atoms with E-state index in [-0.39, 0.29) is 0 Å². The Hall–Kier alpha value is -0.195. The van der Waals surface area contributed by atoms with Gasteiger partial charge in [0, 0.05) is 0 Å². The smallest absolute Gasteiger partial charge is 0.103 e. The first kappa shape index (κ1) is 8.90. The second kappa shape index (κ2) is 3.47. The van der Waals surface area contributed by atoms with Crippen LogP contribution in [0.3, 0.4) is 0 Å². The molecule has 0 amide bonds. The van der Waals surface area contributed by atoms with Crippen molar-refractivity contribution in [3.63, 3.8) is 0 Å². The van der Waals surface area contributed by atoms with Crippen LogP contribution in [0.1, 0.15) is 39.0 Å². The van der Waals surface area contributed by atoms with E-state index in [2.05, 4.69) is 27.4 Å². The molecule has 0 N–H and O–H groups in total. The predicted molar refractivity (Wildman–Crippen MR) is 53.7 cm³/mol. The molecule has 0 radical (unpaired) electrons. The van der Waals surface area contributed by atoms with Gasteiger partial charge in [0.05, 0.1) is 0 Å². The standard InChI is InChI=1S/C10H19B/c1-3-8-10(2,11)9-6-4-5-7-9/h3,9H,1,4-8,11H2,2H3. The largest absolute Gasteiger partial charge is 0.109 e. The van der Waals surface area contributed by atoms with Gasteiger partial charge in [-0.1, -0.05) is 44.0 Å². The minimum absolute atomic E-state index is 0.512. The molecule has 0 bridgehead atoms. The summed E-state index contributed by atoms with van der Waals surface area (Å²) in [7, 11) is 2.38. The third-order valence-electron chi connectivity index (χ3n) is 3.13. The van der Waals surface area contributed by atoms with Crippen molar-refractivity contribution in [1.29, 1.82) is 0 Å². The lowest BCUT2D eigenvalue weighted by atomic mass is 9.59. The zero-order chi connectivity index (χ0) is 8.32. The molecule has 1 saturated carbocycles. The van der Waals surface area contributed by atoms with Crippen LogP contribution < -0.4 is 0 Å². The summed E-state index contributed by atoms with van der Waals surface area (Å²) in [6, 6.07) is 0. The van der Waals surface area contributed by atoms with Crippen LogP contribution in [0, 0.1) is 5.92 Å². The van der Waals surface area contributed by atoms with Gasteiger partial charge in [0.15, 0.2) is 0 Å². The molecule has 62 valence electrons. The fourth-order valence-corrected chi connectivity index (χ4v) is 2.25. The Bertz CT molecular complexity index is 132. The van der Waals surface area contributed by atoms with Crippen LogP contribution in [0.2, 0.25) is 5.31 Å². The maximum Gasteiger partial charge on any atom is 0.109 e. The van der Waals surface area contributed by atoms with Gasteiger partial charge in [0.1, 0.15) is 7.85 Å². The molecule has 1 rings (SSSR count). The Morgan fingerprint density at radius 2 is 2.09 bits per heavy atom. The van der Waals surface area contributed by atoms with Gasteiger partial charge in [-0.15, -0.1) is 6.58 Å². The van der Waals surface area contributed by atoms with Crippen LogP contribution in [0.25, 0.3) is 0 Å². The minimum atomic E-state index is 0.512. The van der Waals surface area contributed by atoms with E-state index in [4.69, 9.17) is 0 Å². The molecule has 0 nitrogen and oxygen atoms in total. The Kier molecular flexibility index (Phi) is 2.81. The van der Waals surface area contributed by atoms with Crippen molar-refractivity contribution < 1.29 is 0 Å². The molecule has 1 atom stereocenters. The molecule has 0 aromatic rings. The Balaban J connectivity index is 2.47. The molecule has 0 spiro atoms. The molecular formula is C10H19B. The molecule has 11 heavy (non-hydrogen) atoms.